The smallest absolute Gasteiger partial charge is 0.229 e. The number of benzene rings is 2. The topological polar surface area (TPSA) is 190 Å². The lowest BCUT2D eigenvalue weighted by atomic mass is 10.00. The molecular formula is C21H20O11. The molecule has 2 heterocycles. The first-order chi connectivity index (χ1) is 15.1. The number of aromatic hydroxyl groups is 4. The van der Waals surface area contributed by atoms with Gasteiger partial charge in [0.1, 0.15) is 52.3 Å². The Morgan fingerprint density at radius 2 is 1.53 bits per heavy atom. The standard InChI is InChI=1S/C21H20O11/c1-7-18(27)19(28)20(29)21(30-7)32-15-5-11(24)10(23)4-9(15)14-6-13(26)17-12(25)2-8(22)3-16(17)31-14/h2-7,18-25,27-29H,1H3/t7-,18-,19+,20+,21-/m0/s1. The first-order valence-corrected chi connectivity index (χ1v) is 9.49. The maximum Gasteiger partial charge on any atom is 0.229 e. The van der Waals surface area contributed by atoms with Crippen LogP contribution in [0.15, 0.2) is 39.5 Å². The molecule has 1 aliphatic rings. The van der Waals surface area contributed by atoms with Gasteiger partial charge < -0.3 is 49.6 Å². The van der Waals surface area contributed by atoms with Crippen LogP contribution in [0.25, 0.3) is 22.3 Å². The number of aliphatic hydroxyl groups excluding tert-OH is 3. The van der Waals surface area contributed by atoms with Crippen molar-refractivity contribution in [1.82, 2.24) is 0 Å². The molecule has 0 radical (unpaired) electrons. The van der Waals surface area contributed by atoms with Gasteiger partial charge in [-0.25, -0.2) is 0 Å². The van der Waals surface area contributed by atoms with E-state index in [1.165, 1.54) is 6.92 Å². The molecule has 1 aromatic heterocycles. The Morgan fingerprint density at radius 3 is 2.25 bits per heavy atom. The van der Waals surface area contributed by atoms with Gasteiger partial charge in [0, 0.05) is 24.3 Å². The van der Waals surface area contributed by atoms with Crippen molar-refractivity contribution in [1.29, 1.82) is 0 Å². The van der Waals surface area contributed by atoms with Gasteiger partial charge in [-0.1, -0.05) is 0 Å². The van der Waals surface area contributed by atoms with Gasteiger partial charge in [0.2, 0.25) is 6.29 Å². The number of hydrogen-bond donors (Lipinski definition) is 7. The van der Waals surface area contributed by atoms with Crippen molar-refractivity contribution >= 4 is 11.0 Å². The first-order valence-electron chi connectivity index (χ1n) is 9.49. The molecule has 2 aromatic carbocycles. The van der Waals surface area contributed by atoms with Crippen LogP contribution in [0.5, 0.6) is 28.7 Å². The molecule has 0 aliphatic carbocycles. The van der Waals surface area contributed by atoms with Crippen molar-refractivity contribution < 1.29 is 49.6 Å². The summed E-state index contributed by atoms with van der Waals surface area (Å²) in [6.45, 7) is 1.45. The van der Waals surface area contributed by atoms with E-state index in [0.717, 1.165) is 30.3 Å². The lowest BCUT2D eigenvalue weighted by Gasteiger charge is -2.39. The molecule has 4 rings (SSSR count). The largest absolute Gasteiger partial charge is 0.508 e. The summed E-state index contributed by atoms with van der Waals surface area (Å²) in [6.07, 6.45) is -7.00. The molecule has 5 atom stereocenters. The van der Waals surface area contributed by atoms with Crippen molar-refractivity contribution in [3.8, 4) is 40.1 Å². The SMILES string of the molecule is C[C@@H]1O[C@@H](Oc2cc(O)c(O)cc2-c2cc(=O)c3c(O)cc(O)cc3o2)[C@H](O)[C@H](O)[C@H]1O. The molecule has 11 nitrogen and oxygen atoms in total. The molecule has 3 aromatic rings. The maximum atomic E-state index is 12.6. The molecule has 1 aliphatic heterocycles. The van der Waals surface area contributed by atoms with Gasteiger partial charge in [-0.3, -0.25) is 4.79 Å². The average Bonchev–Trinajstić information content (AvgIpc) is 2.71. The van der Waals surface area contributed by atoms with Gasteiger partial charge in [-0.2, -0.15) is 0 Å². The van der Waals surface area contributed by atoms with Gasteiger partial charge >= 0.3 is 0 Å². The molecule has 1 fully saturated rings. The highest BCUT2D eigenvalue weighted by molar-refractivity contribution is 5.86. The van der Waals surface area contributed by atoms with Crippen LogP contribution in [-0.2, 0) is 4.74 Å². The first kappa shape index (κ1) is 21.7. The number of aliphatic hydroxyl groups is 3. The predicted octanol–water partition coefficient (Wildman–Crippen LogP) is 0.489. The average molecular weight is 448 g/mol. The van der Waals surface area contributed by atoms with Crippen LogP contribution >= 0.6 is 0 Å². The lowest BCUT2D eigenvalue weighted by molar-refractivity contribution is -0.268. The van der Waals surface area contributed by atoms with Crippen LogP contribution in [0.4, 0.5) is 0 Å². The fourth-order valence-electron chi connectivity index (χ4n) is 3.47. The zero-order chi connectivity index (χ0) is 23.3. The van der Waals surface area contributed by atoms with E-state index in [1.807, 2.05) is 0 Å². The molecule has 7 N–H and O–H groups in total. The van der Waals surface area contributed by atoms with Crippen LogP contribution in [-0.4, -0.2) is 66.5 Å². The fraction of sp³-hybridized carbons (Fsp3) is 0.286. The molecule has 0 bridgehead atoms. The molecule has 0 saturated carbocycles. The Morgan fingerprint density at radius 1 is 0.844 bits per heavy atom. The molecular weight excluding hydrogens is 428 g/mol. The van der Waals surface area contributed by atoms with E-state index in [0.29, 0.717) is 0 Å². The van der Waals surface area contributed by atoms with Crippen LogP contribution in [0.1, 0.15) is 6.92 Å². The minimum absolute atomic E-state index is 0.0498. The normalized spacial score (nSPS) is 25.7. The van der Waals surface area contributed by atoms with E-state index in [1.54, 1.807) is 0 Å². The Kier molecular flexibility index (Phi) is 5.34. The Bertz CT molecular complexity index is 1230. The Labute approximate surface area is 179 Å². The van der Waals surface area contributed by atoms with E-state index in [-0.39, 0.29) is 33.8 Å². The Balaban J connectivity index is 1.82. The number of phenols is 4. The highest BCUT2D eigenvalue weighted by atomic mass is 16.7. The zero-order valence-corrected chi connectivity index (χ0v) is 16.5. The molecule has 1 saturated heterocycles. The van der Waals surface area contributed by atoms with Gasteiger partial charge in [0.05, 0.1) is 11.7 Å². The predicted molar refractivity (Wildman–Crippen MR) is 108 cm³/mol. The molecule has 0 unspecified atom stereocenters. The van der Waals surface area contributed by atoms with Crippen LogP contribution in [0, 0.1) is 0 Å². The highest BCUT2D eigenvalue weighted by Crippen LogP contribution is 2.41. The van der Waals surface area contributed by atoms with Crippen molar-refractivity contribution in [2.24, 2.45) is 0 Å². The summed E-state index contributed by atoms with van der Waals surface area (Å²) in [6, 6.07) is 5.09. The lowest BCUT2D eigenvalue weighted by Crippen LogP contribution is -2.58. The summed E-state index contributed by atoms with van der Waals surface area (Å²) in [7, 11) is 0. The number of fused-ring (bicyclic) bond motifs is 1. The van der Waals surface area contributed by atoms with Gasteiger partial charge in [0.15, 0.2) is 16.9 Å². The summed E-state index contributed by atoms with van der Waals surface area (Å²) in [5.41, 5.74) is -0.880. The molecule has 0 spiro atoms. The number of hydrogen-bond acceptors (Lipinski definition) is 11. The third-order valence-corrected chi connectivity index (χ3v) is 5.19. The van der Waals surface area contributed by atoms with Crippen molar-refractivity contribution in [3.05, 3.63) is 40.6 Å². The second-order valence-electron chi connectivity index (χ2n) is 7.45. The zero-order valence-electron chi connectivity index (χ0n) is 16.5. The van der Waals surface area contributed by atoms with Gasteiger partial charge in [-0.05, 0) is 13.0 Å². The fourth-order valence-corrected chi connectivity index (χ4v) is 3.47. The second-order valence-corrected chi connectivity index (χ2v) is 7.45. The third-order valence-electron chi connectivity index (χ3n) is 5.19. The van der Waals surface area contributed by atoms with Crippen molar-refractivity contribution in [3.63, 3.8) is 0 Å². The van der Waals surface area contributed by atoms with E-state index in [9.17, 15) is 40.5 Å². The number of phenolic OH excluding ortho intramolecular Hbond substituents is 4. The molecule has 11 heteroatoms. The van der Waals surface area contributed by atoms with Crippen molar-refractivity contribution in [2.75, 3.05) is 0 Å². The summed E-state index contributed by atoms with van der Waals surface area (Å²) >= 11 is 0. The number of ether oxygens (including phenoxy) is 2. The minimum Gasteiger partial charge on any atom is -0.508 e. The Hall–Kier alpha value is -3.51. The monoisotopic (exact) mass is 448 g/mol. The van der Waals surface area contributed by atoms with E-state index in [2.05, 4.69) is 0 Å². The maximum absolute atomic E-state index is 12.6. The quantitative estimate of drug-likeness (QED) is 0.276. The number of rotatable bonds is 3. The molecule has 32 heavy (non-hydrogen) atoms. The summed E-state index contributed by atoms with van der Waals surface area (Å²) in [4.78, 5) is 12.6. The van der Waals surface area contributed by atoms with Gasteiger partial charge in [0.25, 0.3) is 0 Å². The second kappa shape index (κ2) is 7.88. The molecule has 170 valence electrons. The summed E-state index contributed by atoms with van der Waals surface area (Å²) in [5.74, 6) is -2.40. The minimum atomic E-state index is -1.66. The summed E-state index contributed by atoms with van der Waals surface area (Å²) in [5, 5.41) is 69.4. The highest BCUT2D eigenvalue weighted by Gasteiger charge is 2.43. The van der Waals surface area contributed by atoms with Crippen LogP contribution in [0.3, 0.4) is 0 Å². The molecule has 0 amide bonds. The van der Waals surface area contributed by atoms with Crippen molar-refractivity contribution in [2.45, 2.75) is 37.6 Å². The van der Waals surface area contributed by atoms with E-state index in [4.69, 9.17) is 13.9 Å². The van der Waals surface area contributed by atoms with Crippen LogP contribution in [0.2, 0.25) is 0 Å². The van der Waals surface area contributed by atoms with E-state index < -0.39 is 53.4 Å². The third kappa shape index (κ3) is 3.67. The van der Waals surface area contributed by atoms with Crippen LogP contribution < -0.4 is 10.2 Å². The summed E-state index contributed by atoms with van der Waals surface area (Å²) < 4.78 is 16.6. The van der Waals surface area contributed by atoms with E-state index >= 15 is 0 Å². The van der Waals surface area contributed by atoms with Gasteiger partial charge in [-0.15, -0.1) is 0 Å².